The minimum atomic E-state index is -0.774. The number of aryl methyl sites for hydroxylation is 1. The average molecular weight is 382 g/mol. The Kier molecular flexibility index (Phi) is 5.49. The van der Waals surface area contributed by atoms with Crippen LogP contribution in [0, 0.1) is 10.1 Å². The first-order valence-corrected chi connectivity index (χ1v) is 8.85. The molecule has 0 spiro atoms. The number of hydrogen-bond donors (Lipinski definition) is 0. The second-order valence-corrected chi connectivity index (χ2v) is 6.34. The Morgan fingerprint density at radius 3 is 2.46 bits per heavy atom. The lowest BCUT2D eigenvalue weighted by Gasteiger charge is -2.13. The molecule has 0 unspecified atom stereocenters. The first-order chi connectivity index (χ1) is 13.4. The molecule has 0 bridgehead atoms. The van der Waals surface area contributed by atoms with Crippen LogP contribution in [0.5, 0.6) is 5.75 Å². The maximum atomic E-state index is 12.5. The van der Waals surface area contributed by atoms with Crippen LogP contribution < -0.4 is 4.74 Å². The molecule has 2 aromatic rings. The summed E-state index contributed by atoms with van der Waals surface area (Å²) in [6.45, 7) is 1.86. The van der Waals surface area contributed by atoms with Crippen molar-refractivity contribution >= 4 is 23.5 Å². The van der Waals surface area contributed by atoms with Crippen LogP contribution in [0.3, 0.4) is 0 Å². The van der Waals surface area contributed by atoms with Gasteiger partial charge in [0.05, 0.1) is 16.9 Å². The SMILES string of the molecule is CCCc1ccc(OC(=O)CCN2C(=O)c3cccc([N+](=O)[O-])c3C2=O)cc1. The number of benzene rings is 2. The number of hydrogen-bond acceptors (Lipinski definition) is 6. The van der Waals surface area contributed by atoms with Gasteiger partial charge in [0.25, 0.3) is 17.5 Å². The van der Waals surface area contributed by atoms with E-state index in [9.17, 15) is 24.5 Å². The summed E-state index contributed by atoms with van der Waals surface area (Å²) in [4.78, 5) is 48.1. The lowest BCUT2D eigenvalue weighted by Crippen LogP contribution is -2.32. The van der Waals surface area contributed by atoms with E-state index < -0.39 is 28.4 Å². The maximum absolute atomic E-state index is 12.5. The van der Waals surface area contributed by atoms with Crippen molar-refractivity contribution in [1.82, 2.24) is 4.90 Å². The highest BCUT2D eigenvalue weighted by Crippen LogP contribution is 2.30. The van der Waals surface area contributed by atoms with E-state index in [1.54, 1.807) is 12.1 Å². The van der Waals surface area contributed by atoms with Crippen LogP contribution in [0.25, 0.3) is 0 Å². The minimum Gasteiger partial charge on any atom is -0.426 e. The number of nitrogens with zero attached hydrogens (tertiary/aromatic N) is 2. The van der Waals surface area contributed by atoms with Crippen molar-refractivity contribution in [3.8, 4) is 5.75 Å². The Labute approximate surface area is 160 Å². The van der Waals surface area contributed by atoms with Gasteiger partial charge in [-0.2, -0.15) is 0 Å². The number of carbonyl (C=O) groups excluding carboxylic acids is 3. The van der Waals surface area contributed by atoms with Crippen LogP contribution in [-0.4, -0.2) is 34.2 Å². The third kappa shape index (κ3) is 3.75. The molecule has 0 saturated carbocycles. The molecule has 8 nitrogen and oxygen atoms in total. The zero-order chi connectivity index (χ0) is 20.3. The highest BCUT2D eigenvalue weighted by molar-refractivity contribution is 6.23. The number of amides is 2. The van der Waals surface area contributed by atoms with Gasteiger partial charge in [-0.3, -0.25) is 29.4 Å². The molecule has 0 aromatic heterocycles. The smallest absolute Gasteiger partial charge is 0.312 e. The van der Waals surface area contributed by atoms with Gasteiger partial charge < -0.3 is 4.74 Å². The van der Waals surface area contributed by atoms with Gasteiger partial charge >= 0.3 is 5.97 Å². The molecule has 144 valence electrons. The number of esters is 1. The number of nitro groups is 1. The van der Waals surface area contributed by atoms with E-state index in [0.29, 0.717) is 5.75 Å². The summed E-state index contributed by atoms with van der Waals surface area (Å²) < 4.78 is 5.22. The number of carbonyl (C=O) groups is 3. The molecule has 3 rings (SSSR count). The Morgan fingerprint density at radius 2 is 1.82 bits per heavy atom. The van der Waals surface area contributed by atoms with E-state index in [4.69, 9.17) is 4.74 Å². The molecule has 2 aromatic carbocycles. The predicted molar refractivity (Wildman–Crippen MR) is 99.2 cm³/mol. The molecule has 0 radical (unpaired) electrons. The molecule has 8 heteroatoms. The van der Waals surface area contributed by atoms with Crippen LogP contribution in [0.4, 0.5) is 5.69 Å². The zero-order valence-electron chi connectivity index (χ0n) is 15.2. The fourth-order valence-electron chi connectivity index (χ4n) is 3.07. The molecular formula is C20H18N2O6. The molecule has 0 aliphatic carbocycles. The molecule has 2 amide bonds. The average Bonchev–Trinajstić information content (AvgIpc) is 2.92. The first kappa shape index (κ1) is 19.2. The summed E-state index contributed by atoms with van der Waals surface area (Å²) in [5.41, 5.74) is 0.444. The molecule has 0 fully saturated rings. The fourth-order valence-corrected chi connectivity index (χ4v) is 3.07. The van der Waals surface area contributed by atoms with Gasteiger partial charge in [0, 0.05) is 12.6 Å². The van der Waals surface area contributed by atoms with E-state index in [2.05, 4.69) is 6.92 Å². The topological polar surface area (TPSA) is 107 Å². The lowest BCUT2D eigenvalue weighted by molar-refractivity contribution is -0.385. The molecule has 28 heavy (non-hydrogen) atoms. The number of rotatable bonds is 7. The molecule has 1 aliphatic heterocycles. The lowest BCUT2D eigenvalue weighted by atomic mass is 10.1. The van der Waals surface area contributed by atoms with Gasteiger partial charge in [0.15, 0.2) is 0 Å². The monoisotopic (exact) mass is 382 g/mol. The molecule has 0 atom stereocenters. The van der Waals surface area contributed by atoms with Crippen LogP contribution in [0.1, 0.15) is 46.0 Å². The summed E-state index contributed by atoms with van der Waals surface area (Å²) in [5.74, 6) is -1.65. The minimum absolute atomic E-state index is 0.0286. The number of ether oxygens (including phenoxy) is 1. The Balaban J connectivity index is 1.64. The second-order valence-electron chi connectivity index (χ2n) is 6.34. The fraction of sp³-hybridized carbons (Fsp3) is 0.250. The van der Waals surface area contributed by atoms with Crippen LogP contribution in [0.2, 0.25) is 0 Å². The first-order valence-electron chi connectivity index (χ1n) is 8.85. The van der Waals surface area contributed by atoms with Crippen molar-refractivity contribution in [2.75, 3.05) is 6.54 Å². The van der Waals surface area contributed by atoms with Crippen molar-refractivity contribution in [1.29, 1.82) is 0 Å². The molecule has 0 saturated heterocycles. The van der Waals surface area contributed by atoms with Crippen molar-refractivity contribution in [2.45, 2.75) is 26.2 Å². The number of imide groups is 1. The quantitative estimate of drug-likeness (QED) is 0.239. The van der Waals surface area contributed by atoms with Gasteiger partial charge in [-0.05, 0) is 30.2 Å². The Morgan fingerprint density at radius 1 is 1.11 bits per heavy atom. The van der Waals surface area contributed by atoms with Crippen LogP contribution in [0.15, 0.2) is 42.5 Å². The van der Waals surface area contributed by atoms with Gasteiger partial charge in [-0.15, -0.1) is 0 Å². The van der Waals surface area contributed by atoms with Crippen molar-refractivity contribution < 1.29 is 24.0 Å². The van der Waals surface area contributed by atoms with Crippen molar-refractivity contribution in [3.63, 3.8) is 0 Å². The molecule has 0 N–H and O–H groups in total. The number of nitro benzene ring substituents is 1. The van der Waals surface area contributed by atoms with E-state index in [1.165, 1.54) is 18.2 Å². The largest absolute Gasteiger partial charge is 0.426 e. The van der Waals surface area contributed by atoms with E-state index in [0.717, 1.165) is 23.3 Å². The zero-order valence-corrected chi connectivity index (χ0v) is 15.2. The van der Waals surface area contributed by atoms with Crippen molar-refractivity contribution in [2.24, 2.45) is 0 Å². The van der Waals surface area contributed by atoms with Gasteiger partial charge in [-0.1, -0.05) is 31.5 Å². The molecular weight excluding hydrogens is 364 g/mol. The standard InChI is InChI=1S/C20H18N2O6/c1-2-4-13-7-9-14(10-8-13)28-17(23)11-12-21-19(24)15-5-3-6-16(22(26)27)18(15)20(21)25/h3,5-10H,2,4,11-12H2,1H3. The maximum Gasteiger partial charge on any atom is 0.312 e. The van der Waals surface area contributed by atoms with Gasteiger partial charge in [0.1, 0.15) is 11.3 Å². The van der Waals surface area contributed by atoms with Crippen LogP contribution >= 0.6 is 0 Å². The van der Waals surface area contributed by atoms with Crippen LogP contribution in [-0.2, 0) is 11.2 Å². The Bertz CT molecular complexity index is 952. The van der Waals surface area contributed by atoms with Crippen molar-refractivity contribution in [3.05, 3.63) is 69.3 Å². The summed E-state index contributed by atoms with van der Waals surface area (Å²) in [7, 11) is 0. The highest BCUT2D eigenvalue weighted by Gasteiger charge is 2.40. The van der Waals surface area contributed by atoms with Gasteiger partial charge in [0.2, 0.25) is 0 Å². The normalized spacial score (nSPS) is 12.8. The van der Waals surface area contributed by atoms with E-state index in [-0.39, 0.29) is 24.1 Å². The summed E-state index contributed by atoms with van der Waals surface area (Å²) in [6.07, 6.45) is 1.73. The summed E-state index contributed by atoms with van der Waals surface area (Å²) in [5, 5.41) is 11.1. The summed E-state index contributed by atoms with van der Waals surface area (Å²) in [6, 6.07) is 11.0. The highest BCUT2D eigenvalue weighted by atomic mass is 16.6. The second kappa shape index (κ2) is 7.99. The van der Waals surface area contributed by atoms with E-state index >= 15 is 0 Å². The third-order valence-electron chi connectivity index (χ3n) is 4.41. The van der Waals surface area contributed by atoms with E-state index in [1.807, 2.05) is 12.1 Å². The third-order valence-corrected chi connectivity index (χ3v) is 4.41. The molecule has 1 heterocycles. The Hall–Kier alpha value is -3.55. The molecule has 1 aliphatic rings. The van der Waals surface area contributed by atoms with Gasteiger partial charge in [-0.25, -0.2) is 0 Å². The summed E-state index contributed by atoms with van der Waals surface area (Å²) >= 11 is 0. The predicted octanol–water partition coefficient (Wildman–Crippen LogP) is 3.14. The number of fused-ring (bicyclic) bond motifs is 1.